The quantitative estimate of drug-likeness (QED) is 0.788. The fourth-order valence-corrected chi connectivity index (χ4v) is 1.82. The van der Waals surface area contributed by atoms with E-state index in [4.69, 9.17) is 5.11 Å². The first-order valence-electron chi connectivity index (χ1n) is 5.95. The third-order valence-electron chi connectivity index (χ3n) is 2.78. The van der Waals surface area contributed by atoms with Crippen LogP contribution in [0.5, 0.6) is 0 Å². The molecule has 1 aromatic heterocycles. The smallest absolute Gasteiger partial charge is 0.323 e. The number of carbonyl (C=O) groups excluding carboxylic acids is 1. The van der Waals surface area contributed by atoms with Crippen LogP contribution in [-0.4, -0.2) is 45.2 Å². The largest absolute Gasteiger partial charge is 0.480 e. The summed E-state index contributed by atoms with van der Waals surface area (Å²) in [6.45, 7) is 5.80. The highest BCUT2D eigenvalue weighted by Crippen LogP contribution is 2.11. The van der Waals surface area contributed by atoms with Gasteiger partial charge in [-0.1, -0.05) is 6.92 Å². The average molecular weight is 253 g/mol. The second kappa shape index (κ2) is 6.18. The van der Waals surface area contributed by atoms with Crippen LogP contribution in [0.25, 0.3) is 0 Å². The predicted molar refractivity (Wildman–Crippen MR) is 66.3 cm³/mol. The summed E-state index contributed by atoms with van der Waals surface area (Å²) in [5.74, 6) is -1.16. The number of carboxylic acid groups (broad SMARTS) is 1. The van der Waals surface area contributed by atoms with Crippen molar-refractivity contribution in [3.8, 4) is 0 Å². The van der Waals surface area contributed by atoms with Crippen molar-refractivity contribution in [3.63, 3.8) is 0 Å². The predicted octanol–water partition coefficient (Wildman–Crippen LogP) is 0.892. The zero-order valence-electron chi connectivity index (χ0n) is 11.0. The van der Waals surface area contributed by atoms with E-state index in [1.165, 1.54) is 4.90 Å². The topological polar surface area (TPSA) is 86.3 Å². The lowest BCUT2D eigenvalue weighted by atomic mass is 10.1. The number of hydrogen-bond donors (Lipinski definition) is 2. The van der Waals surface area contributed by atoms with E-state index in [-0.39, 0.29) is 18.9 Å². The Morgan fingerprint density at radius 1 is 1.39 bits per heavy atom. The number of aryl methyl sites for hydroxylation is 2. The maximum atomic E-state index is 12.1. The SMILES string of the molecule is CCCN(CC(=O)O)C(=O)Cc1c(C)n[nH]c1C. The summed E-state index contributed by atoms with van der Waals surface area (Å²) in [7, 11) is 0. The van der Waals surface area contributed by atoms with Crippen LogP contribution in [-0.2, 0) is 16.0 Å². The molecule has 0 atom stereocenters. The van der Waals surface area contributed by atoms with Crippen LogP contribution in [0.4, 0.5) is 0 Å². The molecule has 0 fully saturated rings. The van der Waals surface area contributed by atoms with E-state index in [0.717, 1.165) is 23.4 Å². The summed E-state index contributed by atoms with van der Waals surface area (Å²) in [5, 5.41) is 15.6. The lowest BCUT2D eigenvalue weighted by Gasteiger charge is -2.19. The number of nitrogens with zero attached hydrogens (tertiary/aromatic N) is 2. The van der Waals surface area contributed by atoms with Crippen LogP contribution >= 0.6 is 0 Å². The van der Waals surface area contributed by atoms with Gasteiger partial charge in [0.2, 0.25) is 5.91 Å². The number of aromatic nitrogens is 2. The fraction of sp³-hybridized carbons (Fsp3) is 0.583. The number of H-pyrrole nitrogens is 1. The average Bonchev–Trinajstić information content (AvgIpc) is 2.59. The molecule has 6 heteroatoms. The number of carbonyl (C=O) groups is 2. The molecular formula is C12H19N3O3. The molecule has 0 aromatic carbocycles. The van der Waals surface area contributed by atoms with E-state index in [1.807, 2.05) is 20.8 Å². The first kappa shape index (κ1) is 14.2. The number of aromatic amines is 1. The molecule has 2 N–H and O–H groups in total. The highest BCUT2D eigenvalue weighted by Gasteiger charge is 2.19. The zero-order chi connectivity index (χ0) is 13.7. The maximum Gasteiger partial charge on any atom is 0.323 e. The molecule has 0 aliphatic carbocycles. The van der Waals surface area contributed by atoms with Gasteiger partial charge >= 0.3 is 5.97 Å². The normalized spacial score (nSPS) is 10.4. The van der Waals surface area contributed by atoms with Crippen molar-refractivity contribution in [3.05, 3.63) is 17.0 Å². The highest BCUT2D eigenvalue weighted by atomic mass is 16.4. The third kappa shape index (κ3) is 3.58. The number of aliphatic carboxylic acids is 1. The molecule has 0 bridgehead atoms. The Balaban J connectivity index is 2.75. The number of amides is 1. The van der Waals surface area contributed by atoms with E-state index in [1.54, 1.807) is 0 Å². The highest BCUT2D eigenvalue weighted by molar-refractivity contribution is 5.83. The Morgan fingerprint density at radius 3 is 2.50 bits per heavy atom. The number of hydrogen-bond acceptors (Lipinski definition) is 3. The van der Waals surface area contributed by atoms with Crippen molar-refractivity contribution < 1.29 is 14.7 Å². The second-order valence-corrected chi connectivity index (χ2v) is 4.30. The van der Waals surface area contributed by atoms with Gasteiger partial charge in [-0.15, -0.1) is 0 Å². The summed E-state index contributed by atoms with van der Waals surface area (Å²) in [4.78, 5) is 24.1. The number of nitrogens with one attached hydrogen (secondary N) is 1. The molecular weight excluding hydrogens is 234 g/mol. The van der Waals surface area contributed by atoms with Gasteiger partial charge in [-0.3, -0.25) is 14.7 Å². The fourth-order valence-electron chi connectivity index (χ4n) is 1.82. The first-order chi connectivity index (χ1) is 8.45. The van der Waals surface area contributed by atoms with Crippen LogP contribution in [0.3, 0.4) is 0 Å². The lowest BCUT2D eigenvalue weighted by molar-refractivity contribution is -0.144. The third-order valence-corrected chi connectivity index (χ3v) is 2.78. The lowest BCUT2D eigenvalue weighted by Crippen LogP contribution is -2.37. The Bertz CT molecular complexity index is 420. The van der Waals surface area contributed by atoms with Gasteiger partial charge in [0.05, 0.1) is 12.1 Å². The van der Waals surface area contributed by atoms with Gasteiger partial charge in [0.25, 0.3) is 0 Å². The summed E-state index contributed by atoms with van der Waals surface area (Å²) < 4.78 is 0. The van der Waals surface area contributed by atoms with Crippen molar-refractivity contribution >= 4 is 11.9 Å². The molecule has 0 aliphatic rings. The molecule has 1 rings (SSSR count). The van der Waals surface area contributed by atoms with Crippen molar-refractivity contribution in [1.82, 2.24) is 15.1 Å². The molecule has 0 saturated heterocycles. The molecule has 0 radical (unpaired) electrons. The molecule has 0 aliphatic heterocycles. The summed E-state index contributed by atoms with van der Waals surface area (Å²) in [6.07, 6.45) is 0.934. The Hall–Kier alpha value is -1.85. The minimum Gasteiger partial charge on any atom is -0.480 e. The molecule has 1 heterocycles. The van der Waals surface area contributed by atoms with Crippen LogP contribution < -0.4 is 0 Å². The van der Waals surface area contributed by atoms with E-state index in [2.05, 4.69) is 10.2 Å². The van der Waals surface area contributed by atoms with Crippen LogP contribution in [0.15, 0.2) is 0 Å². The molecule has 6 nitrogen and oxygen atoms in total. The zero-order valence-corrected chi connectivity index (χ0v) is 11.0. The van der Waals surface area contributed by atoms with Gasteiger partial charge in [-0.2, -0.15) is 5.10 Å². The molecule has 0 saturated carbocycles. The molecule has 0 unspecified atom stereocenters. The molecule has 1 aromatic rings. The van der Waals surface area contributed by atoms with Gasteiger partial charge in [0.15, 0.2) is 0 Å². The van der Waals surface area contributed by atoms with Gasteiger partial charge in [0, 0.05) is 17.8 Å². The molecule has 1 amide bonds. The van der Waals surface area contributed by atoms with E-state index in [0.29, 0.717) is 6.54 Å². The molecule has 100 valence electrons. The Labute approximate surface area is 106 Å². The van der Waals surface area contributed by atoms with Crippen LogP contribution in [0, 0.1) is 13.8 Å². The maximum absolute atomic E-state index is 12.1. The second-order valence-electron chi connectivity index (χ2n) is 4.30. The van der Waals surface area contributed by atoms with E-state index >= 15 is 0 Å². The molecule has 0 spiro atoms. The van der Waals surface area contributed by atoms with Crippen molar-refractivity contribution in [2.45, 2.75) is 33.6 Å². The summed E-state index contributed by atoms with van der Waals surface area (Å²) in [6, 6.07) is 0. The number of rotatable bonds is 6. The summed E-state index contributed by atoms with van der Waals surface area (Å²) >= 11 is 0. The van der Waals surface area contributed by atoms with Crippen LogP contribution in [0.2, 0.25) is 0 Å². The van der Waals surface area contributed by atoms with Crippen molar-refractivity contribution in [2.75, 3.05) is 13.1 Å². The summed E-state index contributed by atoms with van der Waals surface area (Å²) in [5.41, 5.74) is 2.49. The van der Waals surface area contributed by atoms with Crippen LogP contribution in [0.1, 0.15) is 30.3 Å². The molecule has 18 heavy (non-hydrogen) atoms. The van der Waals surface area contributed by atoms with Crippen molar-refractivity contribution in [1.29, 1.82) is 0 Å². The van der Waals surface area contributed by atoms with Gasteiger partial charge < -0.3 is 10.0 Å². The van der Waals surface area contributed by atoms with Crippen molar-refractivity contribution in [2.24, 2.45) is 0 Å². The van der Waals surface area contributed by atoms with E-state index < -0.39 is 5.97 Å². The van der Waals surface area contributed by atoms with E-state index in [9.17, 15) is 9.59 Å². The Kier molecular flexibility index (Phi) is 4.88. The van der Waals surface area contributed by atoms with Gasteiger partial charge in [-0.05, 0) is 20.3 Å². The minimum absolute atomic E-state index is 0.174. The number of carboxylic acids is 1. The monoisotopic (exact) mass is 253 g/mol. The van der Waals surface area contributed by atoms with Gasteiger partial charge in [-0.25, -0.2) is 0 Å². The standard InChI is InChI=1S/C12H19N3O3/c1-4-5-15(7-12(17)18)11(16)6-10-8(2)13-14-9(10)3/h4-7H2,1-3H3,(H,13,14)(H,17,18). The first-order valence-corrected chi connectivity index (χ1v) is 5.95. The minimum atomic E-state index is -0.988. The Morgan fingerprint density at radius 2 is 2.06 bits per heavy atom. The van der Waals surface area contributed by atoms with Gasteiger partial charge in [0.1, 0.15) is 6.54 Å².